The molecule has 0 fully saturated rings. The van der Waals surface area contributed by atoms with E-state index in [0.717, 1.165) is 24.1 Å². The second-order valence-corrected chi connectivity index (χ2v) is 8.76. The molecule has 41 heavy (non-hydrogen) atoms. The van der Waals surface area contributed by atoms with Gasteiger partial charge in [0, 0.05) is 22.3 Å². The highest BCUT2D eigenvalue weighted by atomic mass is 19.4. The van der Waals surface area contributed by atoms with Gasteiger partial charge in [-0.05, 0) is 58.8 Å². The Hall–Kier alpha value is -4.72. The molecule has 0 aliphatic carbocycles. The van der Waals surface area contributed by atoms with Gasteiger partial charge in [-0.3, -0.25) is 0 Å². The molecule has 0 heterocycles. The molecule has 208 valence electrons. The number of hydrogen-bond donors (Lipinski definition) is 0. The van der Waals surface area contributed by atoms with Gasteiger partial charge in [0.25, 0.3) is 0 Å². The monoisotopic (exact) mass is 578 g/mol. The summed E-state index contributed by atoms with van der Waals surface area (Å²) in [5.74, 6) is -5.59. The SMILES string of the molecule is Fc1ccccc1-c1ccc2c(F)c(C(F)(F)Oc3ccc4c(F)c(C#CC(F)(F)F)c(F)cc4c3)c(F)cc2c1. The van der Waals surface area contributed by atoms with E-state index in [-0.39, 0.29) is 16.5 Å². The molecule has 5 aromatic rings. The summed E-state index contributed by atoms with van der Waals surface area (Å²) >= 11 is 0. The summed E-state index contributed by atoms with van der Waals surface area (Å²) in [7, 11) is 0. The Kier molecular flexibility index (Phi) is 6.81. The molecule has 0 spiro atoms. The van der Waals surface area contributed by atoms with Crippen LogP contribution in [0.15, 0.2) is 72.8 Å². The summed E-state index contributed by atoms with van der Waals surface area (Å²) in [6.45, 7) is 0. The third kappa shape index (κ3) is 5.37. The number of rotatable bonds is 4. The number of halogens is 10. The van der Waals surface area contributed by atoms with Crippen LogP contribution < -0.4 is 4.74 Å². The van der Waals surface area contributed by atoms with Crippen molar-refractivity contribution in [2.24, 2.45) is 0 Å². The van der Waals surface area contributed by atoms with Crippen LogP contribution in [-0.2, 0) is 6.11 Å². The molecule has 0 N–H and O–H groups in total. The van der Waals surface area contributed by atoms with Gasteiger partial charge in [0.15, 0.2) is 0 Å². The van der Waals surface area contributed by atoms with Crippen LogP contribution in [0.4, 0.5) is 43.9 Å². The lowest BCUT2D eigenvalue weighted by atomic mass is 9.98. The first kappa shape index (κ1) is 27.8. The molecule has 0 saturated carbocycles. The highest BCUT2D eigenvalue weighted by Crippen LogP contribution is 2.39. The van der Waals surface area contributed by atoms with Gasteiger partial charge in [0.05, 0.1) is 5.56 Å². The second kappa shape index (κ2) is 10.0. The van der Waals surface area contributed by atoms with Gasteiger partial charge in [-0.15, -0.1) is 0 Å². The molecule has 5 rings (SSSR count). The van der Waals surface area contributed by atoms with Crippen LogP contribution in [0.1, 0.15) is 11.1 Å². The summed E-state index contributed by atoms with van der Waals surface area (Å²) in [5.41, 5.74) is -2.57. The number of benzene rings is 5. The van der Waals surface area contributed by atoms with Gasteiger partial charge in [-0.2, -0.15) is 22.0 Å². The summed E-state index contributed by atoms with van der Waals surface area (Å²) in [6, 6.07) is 12.6. The maximum atomic E-state index is 15.2. The van der Waals surface area contributed by atoms with Crippen LogP contribution in [0, 0.1) is 40.9 Å². The molecule has 5 aromatic carbocycles. The van der Waals surface area contributed by atoms with Gasteiger partial charge < -0.3 is 4.74 Å². The molecule has 0 aliphatic heterocycles. The largest absolute Gasteiger partial charge is 0.458 e. The first-order valence-corrected chi connectivity index (χ1v) is 11.5. The molecule has 0 saturated heterocycles. The molecule has 1 nitrogen and oxygen atoms in total. The van der Waals surface area contributed by atoms with Crippen molar-refractivity contribution in [2.45, 2.75) is 12.3 Å². The Bertz CT molecular complexity index is 1900. The molecule has 0 atom stereocenters. The van der Waals surface area contributed by atoms with Crippen LogP contribution in [-0.4, -0.2) is 6.18 Å². The fourth-order valence-corrected chi connectivity index (χ4v) is 4.28. The summed E-state index contributed by atoms with van der Waals surface area (Å²) < 4.78 is 145. The Labute approximate surface area is 224 Å². The van der Waals surface area contributed by atoms with Crippen LogP contribution in [0.25, 0.3) is 32.7 Å². The van der Waals surface area contributed by atoms with Crippen LogP contribution in [0.2, 0.25) is 0 Å². The Morgan fingerprint density at radius 2 is 1.24 bits per heavy atom. The third-order valence-electron chi connectivity index (χ3n) is 6.08. The number of alkyl halides is 5. The quantitative estimate of drug-likeness (QED) is 0.153. The van der Waals surface area contributed by atoms with Crippen molar-refractivity contribution in [2.75, 3.05) is 0 Å². The first-order chi connectivity index (χ1) is 19.2. The van der Waals surface area contributed by atoms with E-state index in [2.05, 4.69) is 4.74 Å². The zero-order valence-electron chi connectivity index (χ0n) is 20.1. The van der Waals surface area contributed by atoms with E-state index in [1.165, 1.54) is 36.3 Å². The first-order valence-electron chi connectivity index (χ1n) is 11.5. The molecule has 0 unspecified atom stereocenters. The molecule has 11 heteroatoms. The molecular formula is C30H12F10O. The highest BCUT2D eigenvalue weighted by Gasteiger charge is 2.42. The summed E-state index contributed by atoms with van der Waals surface area (Å²) in [4.78, 5) is 0. The summed E-state index contributed by atoms with van der Waals surface area (Å²) in [5, 5.41) is -1.42. The van der Waals surface area contributed by atoms with Crippen molar-refractivity contribution in [1.29, 1.82) is 0 Å². The van der Waals surface area contributed by atoms with Crippen LogP contribution in [0.3, 0.4) is 0 Å². The van der Waals surface area contributed by atoms with Gasteiger partial charge in [-0.25, -0.2) is 22.0 Å². The van der Waals surface area contributed by atoms with E-state index in [1.807, 2.05) is 0 Å². The molecule has 0 aliphatic rings. The lowest BCUT2D eigenvalue weighted by Crippen LogP contribution is -2.25. The number of fused-ring (bicyclic) bond motifs is 2. The Morgan fingerprint density at radius 1 is 0.610 bits per heavy atom. The minimum absolute atomic E-state index is 0.122. The predicted molar refractivity (Wildman–Crippen MR) is 131 cm³/mol. The average molecular weight is 578 g/mol. The van der Waals surface area contributed by atoms with Gasteiger partial charge >= 0.3 is 12.3 Å². The minimum Gasteiger partial charge on any atom is -0.429 e. The maximum absolute atomic E-state index is 15.2. The Morgan fingerprint density at radius 3 is 1.95 bits per heavy atom. The molecule has 0 bridgehead atoms. The van der Waals surface area contributed by atoms with E-state index in [9.17, 15) is 30.7 Å². The van der Waals surface area contributed by atoms with Crippen molar-refractivity contribution in [3.63, 3.8) is 0 Å². The zero-order valence-corrected chi connectivity index (χ0v) is 20.1. The predicted octanol–water partition coefficient (Wildman–Crippen LogP) is 9.40. The smallest absolute Gasteiger partial charge is 0.429 e. The Balaban J connectivity index is 1.52. The van der Waals surface area contributed by atoms with Crippen molar-refractivity contribution in [3.05, 3.63) is 113 Å². The zero-order chi connectivity index (χ0) is 29.7. The van der Waals surface area contributed by atoms with E-state index < -0.39 is 74.4 Å². The fourth-order valence-electron chi connectivity index (χ4n) is 4.28. The lowest BCUT2D eigenvalue weighted by molar-refractivity contribution is -0.189. The number of hydrogen-bond acceptors (Lipinski definition) is 1. The van der Waals surface area contributed by atoms with Gasteiger partial charge in [0.2, 0.25) is 0 Å². The summed E-state index contributed by atoms with van der Waals surface area (Å²) in [6.07, 6.45) is -9.65. The molecule has 0 radical (unpaired) electrons. The van der Waals surface area contributed by atoms with E-state index in [1.54, 1.807) is 6.07 Å². The standard InChI is InChI=1S/C30H12F10O/c31-23-4-2-1-3-19(23)15-5-7-21-16(11-15)14-25(33)26(28(21)35)30(39,40)41-18-6-8-20-17(12-18)13-24(32)22(27(20)34)9-10-29(36,37)38/h1-8,11-14H. The second-order valence-electron chi connectivity index (χ2n) is 8.76. The minimum atomic E-state index is -5.02. The van der Waals surface area contributed by atoms with Crippen molar-refractivity contribution in [1.82, 2.24) is 0 Å². The maximum Gasteiger partial charge on any atom is 0.458 e. The van der Waals surface area contributed by atoms with Gasteiger partial charge in [0.1, 0.15) is 40.4 Å². The van der Waals surface area contributed by atoms with Gasteiger partial charge in [-0.1, -0.05) is 36.3 Å². The third-order valence-corrected chi connectivity index (χ3v) is 6.08. The highest BCUT2D eigenvalue weighted by molar-refractivity contribution is 5.89. The van der Waals surface area contributed by atoms with E-state index in [4.69, 9.17) is 0 Å². The molecular weight excluding hydrogens is 566 g/mol. The topological polar surface area (TPSA) is 9.23 Å². The van der Waals surface area contributed by atoms with E-state index >= 15 is 13.2 Å². The normalized spacial score (nSPS) is 12.0. The number of ether oxygens (including phenoxy) is 1. The van der Waals surface area contributed by atoms with Crippen LogP contribution >= 0.6 is 0 Å². The van der Waals surface area contributed by atoms with E-state index in [0.29, 0.717) is 18.2 Å². The van der Waals surface area contributed by atoms with Crippen molar-refractivity contribution < 1.29 is 48.6 Å². The molecule has 0 amide bonds. The van der Waals surface area contributed by atoms with Crippen LogP contribution in [0.5, 0.6) is 5.75 Å². The molecule has 0 aromatic heterocycles. The average Bonchev–Trinajstić information content (AvgIpc) is 2.87. The van der Waals surface area contributed by atoms with Crippen molar-refractivity contribution in [3.8, 4) is 28.7 Å². The lowest BCUT2D eigenvalue weighted by Gasteiger charge is -2.21. The van der Waals surface area contributed by atoms with Crippen molar-refractivity contribution >= 4 is 21.5 Å². The fraction of sp³-hybridized carbons (Fsp3) is 0.0667.